The maximum absolute atomic E-state index is 14.3. The third-order valence-corrected chi connectivity index (χ3v) is 5.03. The van der Waals surface area contributed by atoms with Crippen LogP contribution >= 0.6 is 11.6 Å². The van der Waals surface area contributed by atoms with Crippen LogP contribution in [0.5, 0.6) is 0 Å². The van der Waals surface area contributed by atoms with E-state index < -0.39 is 19.5 Å². The number of hydrogen-bond acceptors (Lipinski definition) is 3. The molecule has 21 heavy (non-hydrogen) atoms. The van der Waals surface area contributed by atoms with E-state index in [4.69, 9.17) is 11.6 Å². The third kappa shape index (κ3) is 4.12. The fourth-order valence-electron chi connectivity index (χ4n) is 2.56. The highest BCUT2D eigenvalue weighted by molar-refractivity contribution is 6.76. The van der Waals surface area contributed by atoms with Crippen molar-refractivity contribution in [2.45, 2.75) is 37.8 Å². The molecule has 0 aliphatic carbocycles. The lowest BCUT2D eigenvalue weighted by molar-refractivity contribution is 0.0297. The van der Waals surface area contributed by atoms with E-state index in [0.717, 1.165) is 0 Å². The molecule has 1 N–H and O–H groups in total. The van der Waals surface area contributed by atoms with Crippen LogP contribution in [0.15, 0.2) is 30.9 Å². The molecule has 0 saturated carbocycles. The number of halogens is 2. The van der Waals surface area contributed by atoms with E-state index in [-0.39, 0.29) is 12.1 Å². The SMILES string of the molecule is C[Si](C)(C)CC(O)(Cn1cncn1)c1ccc(Cl)cc1F. The van der Waals surface area contributed by atoms with Crippen LogP contribution < -0.4 is 0 Å². The van der Waals surface area contributed by atoms with Crippen LogP contribution in [-0.2, 0) is 12.1 Å². The van der Waals surface area contributed by atoms with Crippen molar-refractivity contribution >= 4 is 19.7 Å². The summed E-state index contributed by atoms with van der Waals surface area (Å²) in [5, 5.41) is 15.5. The Morgan fingerprint density at radius 3 is 2.62 bits per heavy atom. The molecule has 1 unspecified atom stereocenters. The van der Waals surface area contributed by atoms with Crippen LogP contribution in [0.4, 0.5) is 4.39 Å². The van der Waals surface area contributed by atoms with Gasteiger partial charge in [-0.15, -0.1) is 0 Å². The molecule has 0 saturated heterocycles. The summed E-state index contributed by atoms with van der Waals surface area (Å²) < 4.78 is 15.8. The Bertz CT molecular complexity index is 615. The minimum Gasteiger partial charge on any atom is -0.383 e. The molecule has 1 aromatic carbocycles. The normalized spacial score (nSPS) is 15.0. The summed E-state index contributed by atoms with van der Waals surface area (Å²) in [6, 6.07) is 4.89. The maximum Gasteiger partial charge on any atom is 0.137 e. The smallest absolute Gasteiger partial charge is 0.137 e. The number of nitrogens with zero attached hydrogens (tertiary/aromatic N) is 3. The largest absolute Gasteiger partial charge is 0.383 e. The molecule has 0 fully saturated rings. The first-order valence-electron chi connectivity index (χ1n) is 6.70. The van der Waals surface area contributed by atoms with Crippen LogP contribution in [0, 0.1) is 5.82 Å². The second-order valence-electron chi connectivity index (χ2n) is 6.49. The predicted octanol–water partition coefficient (Wildman–Crippen LogP) is 3.30. The van der Waals surface area contributed by atoms with Crippen LogP contribution in [0.25, 0.3) is 0 Å². The van der Waals surface area contributed by atoms with Gasteiger partial charge in [0.25, 0.3) is 0 Å². The number of benzene rings is 1. The van der Waals surface area contributed by atoms with Gasteiger partial charge in [0.05, 0.1) is 6.54 Å². The summed E-state index contributed by atoms with van der Waals surface area (Å²) in [5.41, 5.74) is -1.07. The first-order chi connectivity index (χ1) is 9.70. The third-order valence-electron chi connectivity index (χ3n) is 3.15. The van der Waals surface area contributed by atoms with Gasteiger partial charge in [0.2, 0.25) is 0 Å². The summed E-state index contributed by atoms with van der Waals surface area (Å²) >= 11 is 5.80. The van der Waals surface area contributed by atoms with Gasteiger partial charge < -0.3 is 5.11 Å². The fraction of sp³-hybridized carbons (Fsp3) is 0.429. The molecule has 1 aromatic heterocycles. The van der Waals surface area contributed by atoms with Gasteiger partial charge in [-0.3, -0.25) is 0 Å². The van der Waals surface area contributed by atoms with Crippen molar-refractivity contribution in [1.29, 1.82) is 0 Å². The Labute approximate surface area is 129 Å². The summed E-state index contributed by atoms with van der Waals surface area (Å²) in [4.78, 5) is 3.87. The summed E-state index contributed by atoms with van der Waals surface area (Å²) in [7, 11) is -1.66. The van der Waals surface area contributed by atoms with Crippen LogP contribution in [-0.4, -0.2) is 27.9 Å². The Morgan fingerprint density at radius 1 is 1.38 bits per heavy atom. The Hall–Kier alpha value is -1.24. The van der Waals surface area contributed by atoms with Crippen molar-refractivity contribution in [3.63, 3.8) is 0 Å². The molecule has 0 radical (unpaired) electrons. The quantitative estimate of drug-likeness (QED) is 0.857. The molecule has 0 amide bonds. The lowest BCUT2D eigenvalue weighted by Crippen LogP contribution is -2.40. The molecular formula is C14H19ClFN3OSi. The van der Waals surface area contributed by atoms with Gasteiger partial charge in [-0.25, -0.2) is 14.1 Å². The zero-order valence-electron chi connectivity index (χ0n) is 12.3. The first kappa shape index (κ1) is 16.1. The molecule has 4 nitrogen and oxygen atoms in total. The highest BCUT2D eigenvalue weighted by atomic mass is 35.5. The average Bonchev–Trinajstić information content (AvgIpc) is 2.78. The van der Waals surface area contributed by atoms with Gasteiger partial charge in [-0.2, -0.15) is 5.10 Å². The predicted molar refractivity (Wildman–Crippen MR) is 83.5 cm³/mol. The van der Waals surface area contributed by atoms with Crippen molar-refractivity contribution in [1.82, 2.24) is 14.8 Å². The van der Waals surface area contributed by atoms with Crippen molar-refractivity contribution in [3.8, 4) is 0 Å². The van der Waals surface area contributed by atoms with E-state index >= 15 is 0 Å². The highest BCUT2D eigenvalue weighted by Gasteiger charge is 2.37. The number of aromatic nitrogens is 3. The molecule has 0 aliphatic heterocycles. The van der Waals surface area contributed by atoms with Gasteiger partial charge >= 0.3 is 0 Å². The summed E-state index contributed by atoms with van der Waals surface area (Å²) in [6.07, 6.45) is 2.91. The second kappa shape index (κ2) is 5.86. The highest BCUT2D eigenvalue weighted by Crippen LogP contribution is 2.35. The molecule has 2 aromatic rings. The first-order valence-corrected chi connectivity index (χ1v) is 10.8. The standard InChI is InChI=1S/C14H19ClFN3OSi/c1-21(2,3)8-14(20,7-19-10-17-9-18-19)12-5-4-11(15)6-13(12)16/h4-6,9-10,20H,7-8H2,1-3H3. The van der Waals surface area contributed by atoms with Crippen LogP contribution in [0.1, 0.15) is 5.56 Å². The van der Waals surface area contributed by atoms with Crippen molar-refractivity contribution in [3.05, 3.63) is 47.3 Å². The van der Waals surface area contributed by atoms with Crippen molar-refractivity contribution < 1.29 is 9.50 Å². The molecule has 0 bridgehead atoms. The average molecular weight is 328 g/mol. The van der Waals surface area contributed by atoms with Gasteiger partial charge in [0, 0.05) is 18.7 Å². The molecule has 0 spiro atoms. The topological polar surface area (TPSA) is 50.9 Å². The molecule has 1 atom stereocenters. The second-order valence-corrected chi connectivity index (χ2v) is 12.4. The minimum absolute atomic E-state index is 0.163. The van der Waals surface area contributed by atoms with Crippen LogP contribution in [0.2, 0.25) is 30.7 Å². The van der Waals surface area contributed by atoms with Gasteiger partial charge in [-0.1, -0.05) is 37.3 Å². The maximum atomic E-state index is 14.3. The number of hydrogen-bond donors (Lipinski definition) is 1. The van der Waals surface area contributed by atoms with Crippen LogP contribution in [0.3, 0.4) is 0 Å². The van der Waals surface area contributed by atoms with Gasteiger partial charge in [0.1, 0.15) is 24.1 Å². The van der Waals surface area contributed by atoms with E-state index in [1.54, 1.807) is 12.1 Å². The molecule has 1 heterocycles. The molecule has 7 heteroatoms. The summed E-state index contributed by atoms with van der Waals surface area (Å²) in [6.45, 7) is 6.56. The van der Waals surface area contributed by atoms with Gasteiger partial charge in [0.15, 0.2) is 0 Å². The lowest BCUT2D eigenvalue weighted by Gasteiger charge is -2.34. The van der Waals surface area contributed by atoms with Crippen molar-refractivity contribution in [2.24, 2.45) is 0 Å². The van der Waals surface area contributed by atoms with E-state index in [9.17, 15) is 9.50 Å². The monoisotopic (exact) mass is 327 g/mol. The number of aliphatic hydroxyl groups is 1. The minimum atomic E-state index is -1.66. The fourth-order valence-corrected chi connectivity index (χ4v) is 4.78. The zero-order chi connectivity index (χ0) is 15.7. The molecule has 2 rings (SSSR count). The van der Waals surface area contributed by atoms with E-state index in [1.165, 1.54) is 23.4 Å². The zero-order valence-corrected chi connectivity index (χ0v) is 14.1. The number of rotatable bonds is 5. The van der Waals surface area contributed by atoms with Gasteiger partial charge in [-0.05, 0) is 18.2 Å². The molecule has 114 valence electrons. The summed E-state index contributed by atoms with van der Waals surface area (Å²) in [5.74, 6) is -0.497. The molecular weight excluding hydrogens is 309 g/mol. The van der Waals surface area contributed by atoms with E-state index in [1.807, 2.05) is 0 Å². The van der Waals surface area contributed by atoms with Crippen molar-refractivity contribution in [2.75, 3.05) is 0 Å². The Morgan fingerprint density at radius 2 is 2.10 bits per heavy atom. The lowest BCUT2D eigenvalue weighted by atomic mass is 9.95. The van der Waals surface area contributed by atoms with E-state index in [2.05, 4.69) is 29.7 Å². The van der Waals surface area contributed by atoms with E-state index in [0.29, 0.717) is 11.1 Å². The molecule has 0 aliphatic rings. The Kier molecular flexibility index (Phi) is 4.51. The Balaban J connectivity index is 2.44.